The fraction of sp³-hybridized carbons (Fsp3) is 0.273. The van der Waals surface area contributed by atoms with Gasteiger partial charge < -0.3 is 26.8 Å². The Morgan fingerprint density at radius 2 is 1.39 bits per heavy atom. The Balaban J connectivity index is 3.34. The summed E-state index contributed by atoms with van der Waals surface area (Å²) in [6, 6.07) is 3.68. The first-order valence-corrected chi connectivity index (χ1v) is 5.06. The second kappa shape index (κ2) is 5.13. The number of benzene rings is 1. The normalized spacial score (nSPS) is 17.5. The van der Waals surface area contributed by atoms with Gasteiger partial charge in [-0.2, -0.15) is 0 Å². The molecule has 0 saturated heterocycles. The Kier molecular flexibility index (Phi) is 4.02. The van der Waals surface area contributed by atoms with E-state index in [1.165, 1.54) is 24.3 Å². The van der Waals surface area contributed by atoms with Crippen molar-refractivity contribution in [3.63, 3.8) is 0 Å². The fourth-order valence-electron chi connectivity index (χ4n) is 1.63. The van der Waals surface area contributed by atoms with Crippen LogP contribution in [-0.4, -0.2) is 39.3 Å². The van der Waals surface area contributed by atoms with Gasteiger partial charge in [0, 0.05) is 0 Å². The predicted molar refractivity (Wildman–Crippen MR) is 61.6 cm³/mol. The summed E-state index contributed by atoms with van der Waals surface area (Å²) in [5, 5.41) is 28.1. The molecule has 0 radical (unpaired) electrons. The van der Waals surface area contributed by atoms with E-state index in [-0.39, 0.29) is 5.56 Å². The number of hydrogen-bond acceptors (Lipinski definition) is 5. The topological polar surface area (TPSA) is 147 Å². The van der Waals surface area contributed by atoms with Gasteiger partial charge in [-0.15, -0.1) is 0 Å². The third kappa shape index (κ3) is 2.33. The molecule has 0 aliphatic carbocycles. The van der Waals surface area contributed by atoms with Crippen molar-refractivity contribution in [3.05, 3.63) is 35.9 Å². The summed E-state index contributed by atoms with van der Waals surface area (Å²) >= 11 is 0. The highest BCUT2D eigenvalue weighted by Gasteiger charge is 2.49. The van der Waals surface area contributed by atoms with Gasteiger partial charge in [-0.25, -0.2) is 0 Å². The minimum absolute atomic E-state index is 0.0369. The Labute approximate surface area is 103 Å². The summed E-state index contributed by atoms with van der Waals surface area (Å²) in [6.07, 6.45) is 0. The van der Waals surface area contributed by atoms with Crippen LogP contribution in [0.4, 0.5) is 0 Å². The number of carbonyl (C=O) groups is 2. The van der Waals surface area contributed by atoms with Crippen LogP contribution < -0.4 is 11.5 Å². The lowest BCUT2D eigenvalue weighted by Crippen LogP contribution is -2.62. The molecule has 0 aliphatic rings. The summed E-state index contributed by atoms with van der Waals surface area (Å²) in [4.78, 5) is 21.8. The van der Waals surface area contributed by atoms with E-state index in [0.717, 1.165) is 0 Å². The molecule has 0 aliphatic heterocycles. The molecule has 0 saturated carbocycles. The first-order valence-electron chi connectivity index (χ1n) is 5.06. The van der Waals surface area contributed by atoms with Gasteiger partial charge in [0.05, 0.1) is 0 Å². The van der Waals surface area contributed by atoms with Crippen LogP contribution in [0.3, 0.4) is 0 Å². The Morgan fingerprint density at radius 3 is 1.72 bits per heavy atom. The minimum atomic E-state index is -2.39. The molecule has 2 atom stereocenters. The Hall–Kier alpha value is -1.96. The fourth-order valence-corrected chi connectivity index (χ4v) is 1.63. The average Bonchev–Trinajstić information content (AvgIpc) is 2.36. The van der Waals surface area contributed by atoms with Gasteiger partial charge >= 0.3 is 11.9 Å². The lowest BCUT2D eigenvalue weighted by atomic mass is 9.80. The molecule has 18 heavy (non-hydrogen) atoms. The van der Waals surface area contributed by atoms with E-state index in [1.54, 1.807) is 6.07 Å². The molecule has 1 rings (SSSR count). The first kappa shape index (κ1) is 14.1. The standard InChI is InChI=1S/C11H14N2O5/c12-7(9(14)15)11(18,8(13)10(16)17)6-4-2-1-3-5-6/h1-5,7-8,18H,12-13H2,(H,14,15)(H,16,17). The average molecular weight is 254 g/mol. The van der Waals surface area contributed by atoms with Gasteiger partial charge in [0.1, 0.15) is 17.7 Å². The van der Waals surface area contributed by atoms with Crippen molar-refractivity contribution in [2.75, 3.05) is 0 Å². The van der Waals surface area contributed by atoms with Crippen molar-refractivity contribution in [2.45, 2.75) is 17.7 Å². The van der Waals surface area contributed by atoms with Crippen molar-refractivity contribution in [1.29, 1.82) is 0 Å². The lowest BCUT2D eigenvalue weighted by Gasteiger charge is -2.34. The van der Waals surface area contributed by atoms with Gasteiger partial charge in [-0.1, -0.05) is 30.3 Å². The number of aliphatic carboxylic acids is 2. The van der Waals surface area contributed by atoms with Crippen molar-refractivity contribution in [3.8, 4) is 0 Å². The highest BCUT2D eigenvalue weighted by molar-refractivity contribution is 5.81. The molecule has 7 nitrogen and oxygen atoms in total. The highest BCUT2D eigenvalue weighted by atomic mass is 16.4. The molecule has 1 aromatic rings. The molecular weight excluding hydrogens is 240 g/mol. The molecule has 7 heteroatoms. The van der Waals surface area contributed by atoms with Crippen LogP contribution in [0.1, 0.15) is 5.56 Å². The van der Waals surface area contributed by atoms with Crippen LogP contribution in [0.25, 0.3) is 0 Å². The zero-order chi connectivity index (χ0) is 13.9. The molecular formula is C11H14N2O5. The van der Waals surface area contributed by atoms with Gasteiger partial charge in [0.2, 0.25) is 0 Å². The van der Waals surface area contributed by atoms with E-state index in [2.05, 4.69) is 0 Å². The number of nitrogens with two attached hydrogens (primary N) is 2. The van der Waals surface area contributed by atoms with E-state index in [1.807, 2.05) is 0 Å². The van der Waals surface area contributed by atoms with Crippen molar-refractivity contribution >= 4 is 11.9 Å². The monoisotopic (exact) mass is 254 g/mol. The van der Waals surface area contributed by atoms with Gasteiger partial charge in [0.25, 0.3) is 0 Å². The Bertz CT molecular complexity index is 428. The molecule has 7 N–H and O–H groups in total. The van der Waals surface area contributed by atoms with Crippen LogP contribution >= 0.6 is 0 Å². The molecule has 98 valence electrons. The lowest BCUT2D eigenvalue weighted by molar-refractivity contribution is -0.155. The summed E-state index contributed by atoms with van der Waals surface area (Å²) < 4.78 is 0. The van der Waals surface area contributed by atoms with Gasteiger partial charge in [0.15, 0.2) is 0 Å². The van der Waals surface area contributed by atoms with E-state index >= 15 is 0 Å². The smallest absolute Gasteiger partial charge is 0.323 e. The highest BCUT2D eigenvalue weighted by Crippen LogP contribution is 2.27. The SMILES string of the molecule is NC(C(=O)O)C(O)(c1ccccc1)C(N)C(=O)O. The predicted octanol–water partition coefficient (Wildman–Crippen LogP) is -1.30. The van der Waals surface area contributed by atoms with Gasteiger partial charge in [-0.3, -0.25) is 9.59 Å². The molecule has 0 spiro atoms. The molecule has 0 fully saturated rings. The molecule has 0 bridgehead atoms. The zero-order valence-corrected chi connectivity index (χ0v) is 9.35. The summed E-state index contributed by atoms with van der Waals surface area (Å²) in [7, 11) is 0. The number of rotatable bonds is 5. The number of hydrogen-bond donors (Lipinski definition) is 5. The summed E-state index contributed by atoms with van der Waals surface area (Å²) in [6.45, 7) is 0. The molecule has 0 amide bonds. The number of carboxylic acid groups (broad SMARTS) is 2. The second-order valence-corrected chi connectivity index (χ2v) is 3.82. The van der Waals surface area contributed by atoms with E-state index in [0.29, 0.717) is 0 Å². The van der Waals surface area contributed by atoms with Crippen molar-refractivity contribution in [1.82, 2.24) is 0 Å². The first-order chi connectivity index (χ1) is 8.31. The molecule has 2 unspecified atom stereocenters. The Morgan fingerprint density at radius 1 is 1.00 bits per heavy atom. The van der Waals surface area contributed by atoms with Crippen LogP contribution in [0.2, 0.25) is 0 Å². The maximum atomic E-state index is 10.9. The van der Waals surface area contributed by atoms with Gasteiger partial charge in [-0.05, 0) is 5.56 Å². The maximum Gasteiger partial charge on any atom is 0.323 e. The van der Waals surface area contributed by atoms with Crippen LogP contribution in [0, 0.1) is 0 Å². The van der Waals surface area contributed by atoms with E-state index in [4.69, 9.17) is 21.7 Å². The molecule has 1 aromatic carbocycles. The van der Waals surface area contributed by atoms with E-state index in [9.17, 15) is 14.7 Å². The van der Waals surface area contributed by atoms with Crippen LogP contribution in [-0.2, 0) is 15.2 Å². The maximum absolute atomic E-state index is 10.9. The van der Waals surface area contributed by atoms with Crippen LogP contribution in [0.15, 0.2) is 30.3 Å². The van der Waals surface area contributed by atoms with Crippen molar-refractivity contribution < 1.29 is 24.9 Å². The van der Waals surface area contributed by atoms with E-state index < -0.39 is 29.6 Å². The third-order valence-electron chi connectivity index (χ3n) is 2.72. The number of aliphatic hydroxyl groups is 1. The third-order valence-corrected chi connectivity index (χ3v) is 2.72. The minimum Gasteiger partial charge on any atom is -0.480 e. The summed E-state index contributed by atoms with van der Waals surface area (Å²) in [5.74, 6) is -3.09. The number of carboxylic acids is 2. The zero-order valence-electron chi connectivity index (χ0n) is 9.35. The largest absolute Gasteiger partial charge is 0.480 e. The summed E-state index contributed by atoms with van der Waals surface area (Å²) in [5.41, 5.74) is 8.39. The second-order valence-electron chi connectivity index (χ2n) is 3.82. The molecule has 0 aromatic heterocycles. The molecule has 0 heterocycles. The quantitative estimate of drug-likeness (QED) is 0.438. The van der Waals surface area contributed by atoms with Crippen LogP contribution in [0.5, 0.6) is 0 Å². The van der Waals surface area contributed by atoms with Crippen molar-refractivity contribution in [2.24, 2.45) is 11.5 Å².